The van der Waals surface area contributed by atoms with Crippen LogP contribution in [0.25, 0.3) is 0 Å². The first kappa shape index (κ1) is 23.4. The van der Waals surface area contributed by atoms with E-state index in [1.807, 2.05) is 0 Å². The molecule has 2 aromatic rings. The van der Waals surface area contributed by atoms with Crippen LogP contribution in [0.1, 0.15) is 27.9 Å². The molecule has 1 atom stereocenters. The van der Waals surface area contributed by atoms with Crippen molar-refractivity contribution in [2.24, 2.45) is 5.16 Å². The van der Waals surface area contributed by atoms with Crippen LogP contribution in [-0.2, 0) is 21.2 Å². The zero-order valence-electron chi connectivity index (χ0n) is 16.0. The summed E-state index contributed by atoms with van der Waals surface area (Å²) >= 11 is 18.0. The van der Waals surface area contributed by atoms with E-state index in [1.165, 1.54) is 24.3 Å². The Morgan fingerprint density at radius 2 is 1.78 bits per heavy atom. The van der Waals surface area contributed by atoms with E-state index in [0.29, 0.717) is 11.5 Å². The minimum Gasteiger partial charge on any atom is -0.374 e. The number of amides is 1. The van der Waals surface area contributed by atoms with Gasteiger partial charge < -0.3 is 10.2 Å². The van der Waals surface area contributed by atoms with Gasteiger partial charge in [0.05, 0.1) is 22.3 Å². The van der Waals surface area contributed by atoms with Crippen LogP contribution < -0.4 is 5.32 Å². The van der Waals surface area contributed by atoms with Crippen molar-refractivity contribution in [1.82, 2.24) is 5.32 Å². The molecule has 1 amide bonds. The van der Waals surface area contributed by atoms with Crippen molar-refractivity contribution in [3.63, 3.8) is 0 Å². The predicted molar refractivity (Wildman–Crippen MR) is 117 cm³/mol. The number of hydrogen-bond donors (Lipinski definition) is 1. The predicted octanol–water partition coefficient (Wildman–Crippen LogP) is 5.09. The van der Waals surface area contributed by atoms with E-state index in [-0.39, 0.29) is 43.5 Å². The molecule has 0 spiro atoms. The van der Waals surface area contributed by atoms with Gasteiger partial charge in [0.2, 0.25) is 0 Å². The maximum absolute atomic E-state index is 14.1. The van der Waals surface area contributed by atoms with E-state index in [1.54, 1.807) is 0 Å². The minimum absolute atomic E-state index is 0.00155. The molecule has 170 valence electrons. The molecule has 2 heterocycles. The van der Waals surface area contributed by atoms with Crippen LogP contribution in [0.5, 0.6) is 0 Å². The topological polar surface area (TPSA) is 67.8 Å². The fraction of sp³-hybridized carbons (Fsp3) is 0.300. The second-order valence-electron chi connectivity index (χ2n) is 7.43. The molecule has 12 heteroatoms. The first-order valence-electron chi connectivity index (χ1n) is 9.22. The molecule has 32 heavy (non-hydrogen) atoms. The first-order chi connectivity index (χ1) is 15.0. The third-order valence-electron chi connectivity index (χ3n) is 5.17. The molecule has 0 aliphatic carbocycles. The molecule has 2 aromatic carbocycles. The van der Waals surface area contributed by atoms with Crippen LogP contribution in [0.4, 0.5) is 13.2 Å². The number of halogens is 6. The van der Waals surface area contributed by atoms with Gasteiger partial charge in [-0.15, -0.1) is 0 Å². The molecule has 1 fully saturated rings. The van der Waals surface area contributed by atoms with Crippen LogP contribution in [0.2, 0.25) is 15.1 Å². The number of alkyl halides is 3. The fourth-order valence-corrected chi connectivity index (χ4v) is 5.23. The van der Waals surface area contributed by atoms with Gasteiger partial charge >= 0.3 is 6.18 Å². The number of carbonyl (C=O) groups is 1. The quantitative estimate of drug-likeness (QED) is 0.605. The largest absolute Gasteiger partial charge is 0.435 e. The standard InChI is InChI=1S/C20H14Cl3F3N2O3S/c21-12-4-11(5-13(22)6-12)19(20(24,25)26)7-17(28-31-19)10-1-2-15(16(23)3-10)18(29)27-14-8-32(30)9-14/h1-6,14H,7-9H2,(H,27,29). The summed E-state index contributed by atoms with van der Waals surface area (Å²) in [6.07, 6.45) is -5.46. The van der Waals surface area contributed by atoms with E-state index in [9.17, 15) is 22.2 Å². The van der Waals surface area contributed by atoms with Crippen molar-refractivity contribution in [1.29, 1.82) is 0 Å². The summed E-state index contributed by atoms with van der Waals surface area (Å²) in [5.41, 5.74) is -2.62. The maximum Gasteiger partial charge on any atom is 0.435 e. The normalized spacial score (nSPS) is 25.0. The average Bonchev–Trinajstić information content (AvgIpc) is 3.12. The molecule has 1 N–H and O–H groups in total. The Bertz CT molecular complexity index is 1130. The Labute approximate surface area is 198 Å². The lowest BCUT2D eigenvalue weighted by Crippen LogP contribution is -2.50. The second-order valence-corrected chi connectivity index (χ2v) is 10.3. The zero-order chi connectivity index (χ0) is 23.3. The van der Waals surface area contributed by atoms with Crippen molar-refractivity contribution >= 4 is 57.2 Å². The number of nitrogens with one attached hydrogen (secondary N) is 1. The molecule has 2 aliphatic heterocycles. The molecular formula is C20H14Cl3F3N2O3S. The van der Waals surface area contributed by atoms with Crippen molar-refractivity contribution in [3.8, 4) is 0 Å². The van der Waals surface area contributed by atoms with Crippen LogP contribution >= 0.6 is 34.8 Å². The lowest BCUT2D eigenvalue weighted by molar-refractivity contribution is -0.275. The van der Waals surface area contributed by atoms with Gasteiger partial charge in [0.25, 0.3) is 11.5 Å². The summed E-state index contributed by atoms with van der Waals surface area (Å²) in [6.45, 7) is 0. The number of rotatable bonds is 4. The van der Waals surface area contributed by atoms with Crippen LogP contribution in [-0.4, -0.2) is 39.6 Å². The van der Waals surface area contributed by atoms with Gasteiger partial charge in [0, 0.05) is 49.9 Å². The van der Waals surface area contributed by atoms with Gasteiger partial charge in [0.15, 0.2) is 0 Å². The molecule has 2 aliphatic rings. The first-order valence-corrected chi connectivity index (χ1v) is 11.8. The highest BCUT2D eigenvalue weighted by Crippen LogP contribution is 2.49. The molecule has 1 unspecified atom stereocenters. The molecule has 0 bridgehead atoms. The fourth-order valence-electron chi connectivity index (χ4n) is 3.47. The summed E-state index contributed by atoms with van der Waals surface area (Å²) < 4.78 is 53.5. The van der Waals surface area contributed by atoms with Crippen LogP contribution in [0.3, 0.4) is 0 Å². The molecular weight excluding hydrogens is 512 g/mol. The third-order valence-corrected chi connectivity index (χ3v) is 7.47. The monoisotopic (exact) mass is 524 g/mol. The van der Waals surface area contributed by atoms with Crippen molar-refractivity contribution < 1.29 is 27.0 Å². The Morgan fingerprint density at radius 1 is 1.12 bits per heavy atom. The number of carbonyl (C=O) groups excluding carboxylic acids is 1. The van der Waals surface area contributed by atoms with Crippen molar-refractivity contribution in [2.45, 2.75) is 24.2 Å². The Morgan fingerprint density at radius 3 is 2.34 bits per heavy atom. The highest BCUT2D eigenvalue weighted by molar-refractivity contribution is 7.86. The summed E-state index contributed by atoms with van der Waals surface area (Å²) in [5, 5.41) is 6.49. The SMILES string of the molecule is O=C(NC1CS(=O)C1)c1ccc(C2=NOC(c3cc(Cl)cc(Cl)c3)(C(F)(F)F)C2)cc1Cl. The second kappa shape index (κ2) is 8.52. The molecule has 4 rings (SSSR count). The van der Waals surface area contributed by atoms with E-state index < -0.39 is 34.9 Å². The molecule has 0 radical (unpaired) electrons. The summed E-state index contributed by atoms with van der Waals surface area (Å²) in [7, 11) is -0.925. The minimum atomic E-state index is -4.82. The van der Waals surface area contributed by atoms with Crippen molar-refractivity contribution in [2.75, 3.05) is 11.5 Å². The van der Waals surface area contributed by atoms with Gasteiger partial charge in [-0.3, -0.25) is 9.00 Å². The molecule has 1 saturated heterocycles. The molecule has 0 saturated carbocycles. The zero-order valence-corrected chi connectivity index (χ0v) is 19.1. The van der Waals surface area contributed by atoms with Crippen LogP contribution in [0, 0.1) is 0 Å². The summed E-state index contributed by atoms with van der Waals surface area (Å²) in [4.78, 5) is 17.3. The number of oxime groups is 1. The summed E-state index contributed by atoms with van der Waals surface area (Å²) in [6, 6.07) is 7.59. The van der Waals surface area contributed by atoms with E-state index >= 15 is 0 Å². The van der Waals surface area contributed by atoms with Crippen LogP contribution in [0.15, 0.2) is 41.6 Å². The average molecular weight is 526 g/mol. The van der Waals surface area contributed by atoms with Gasteiger partial charge in [-0.25, -0.2) is 0 Å². The van der Waals surface area contributed by atoms with E-state index in [0.717, 1.165) is 12.1 Å². The lowest BCUT2D eigenvalue weighted by Gasteiger charge is -2.29. The molecule has 5 nitrogen and oxygen atoms in total. The highest BCUT2D eigenvalue weighted by atomic mass is 35.5. The molecule has 0 aromatic heterocycles. The number of hydrogen-bond acceptors (Lipinski definition) is 4. The Kier molecular flexibility index (Phi) is 6.21. The number of nitrogens with zero attached hydrogens (tertiary/aromatic N) is 1. The van der Waals surface area contributed by atoms with Gasteiger partial charge in [-0.1, -0.05) is 46.0 Å². The third kappa shape index (κ3) is 4.35. The lowest BCUT2D eigenvalue weighted by atomic mass is 9.86. The summed E-state index contributed by atoms with van der Waals surface area (Å²) in [5.74, 6) is 0.303. The van der Waals surface area contributed by atoms with Gasteiger partial charge in [0.1, 0.15) is 0 Å². The van der Waals surface area contributed by atoms with Crippen molar-refractivity contribution in [3.05, 3.63) is 68.2 Å². The van der Waals surface area contributed by atoms with Gasteiger partial charge in [-0.2, -0.15) is 13.2 Å². The Hall–Kier alpha value is -1.81. The highest BCUT2D eigenvalue weighted by Gasteiger charge is 2.62. The van der Waals surface area contributed by atoms with E-state index in [4.69, 9.17) is 39.6 Å². The van der Waals surface area contributed by atoms with Gasteiger partial charge in [-0.05, 0) is 30.3 Å². The number of benzene rings is 2. The maximum atomic E-state index is 14.1. The van der Waals surface area contributed by atoms with E-state index in [2.05, 4.69) is 10.5 Å². The smallest absolute Gasteiger partial charge is 0.374 e. The Balaban J connectivity index is 1.59.